The van der Waals surface area contributed by atoms with E-state index in [0.717, 1.165) is 6.42 Å². The van der Waals surface area contributed by atoms with E-state index in [1.807, 2.05) is 6.92 Å². The number of aliphatic hydroxyl groups excluding tert-OH is 1. The standard InChI is InChI=1S/C17H20N2O3/c1-13(4-3-11-20)19-17(21)14-5-2-6-16(12-14)22-15-7-9-18-10-8-15/h2,5-10,12-13,20H,3-4,11H2,1H3,(H,19,21). The summed E-state index contributed by atoms with van der Waals surface area (Å²) < 4.78 is 5.69. The third-order valence-electron chi connectivity index (χ3n) is 3.15. The number of nitrogens with zero attached hydrogens (tertiary/aromatic N) is 1. The van der Waals surface area contributed by atoms with E-state index in [2.05, 4.69) is 10.3 Å². The van der Waals surface area contributed by atoms with Gasteiger partial charge in [-0.3, -0.25) is 9.78 Å². The molecule has 0 aliphatic carbocycles. The van der Waals surface area contributed by atoms with Crippen molar-refractivity contribution in [2.45, 2.75) is 25.8 Å². The fourth-order valence-electron chi connectivity index (χ4n) is 2.02. The lowest BCUT2D eigenvalue weighted by Gasteiger charge is -2.13. The number of ether oxygens (including phenoxy) is 1. The van der Waals surface area contributed by atoms with E-state index in [1.54, 1.807) is 48.8 Å². The number of nitrogens with one attached hydrogen (secondary N) is 1. The zero-order valence-electron chi connectivity index (χ0n) is 12.5. The lowest BCUT2D eigenvalue weighted by atomic mass is 10.1. The van der Waals surface area contributed by atoms with Crippen molar-refractivity contribution >= 4 is 5.91 Å². The first-order valence-corrected chi connectivity index (χ1v) is 7.28. The van der Waals surface area contributed by atoms with Crippen LogP contribution in [0.5, 0.6) is 11.5 Å². The SMILES string of the molecule is CC(CCCO)NC(=O)c1cccc(Oc2ccncc2)c1. The van der Waals surface area contributed by atoms with Crippen molar-refractivity contribution in [3.8, 4) is 11.5 Å². The highest BCUT2D eigenvalue weighted by Gasteiger charge is 2.10. The lowest BCUT2D eigenvalue weighted by Crippen LogP contribution is -2.32. The van der Waals surface area contributed by atoms with Crippen molar-refractivity contribution in [1.82, 2.24) is 10.3 Å². The van der Waals surface area contributed by atoms with Gasteiger partial charge in [-0.15, -0.1) is 0 Å². The average Bonchev–Trinajstić information content (AvgIpc) is 2.54. The molecule has 1 aromatic heterocycles. The summed E-state index contributed by atoms with van der Waals surface area (Å²) in [5.41, 5.74) is 0.544. The molecule has 0 aliphatic heterocycles. The van der Waals surface area contributed by atoms with E-state index in [1.165, 1.54) is 0 Å². The number of rotatable bonds is 7. The molecule has 1 amide bonds. The van der Waals surface area contributed by atoms with Crippen molar-refractivity contribution in [2.75, 3.05) is 6.61 Å². The summed E-state index contributed by atoms with van der Waals surface area (Å²) in [5, 5.41) is 11.7. The van der Waals surface area contributed by atoms with Crippen LogP contribution in [-0.2, 0) is 0 Å². The summed E-state index contributed by atoms with van der Waals surface area (Å²) in [6, 6.07) is 10.6. The topological polar surface area (TPSA) is 71.5 Å². The quantitative estimate of drug-likeness (QED) is 0.825. The first kappa shape index (κ1) is 16.0. The Labute approximate surface area is 130 Å². The van der Waals surface area contributed by atoms with Crippen molar-refractivity contribution < 1.29 is 14.6 Å². The summed E-state index contributed by atoms with van der Waals surface area (Å²) >= 11 is 0. The van der Waals surface area contributed by atoms with Crippen LogP contribution in [0.25, 0.3) is 0 Å². The normalized spacial score (nSPS) is 11.7. The lowest BCUT2D eigenvalue weighted by molar-refractivity contribution is 0.0936. The van der Waals surface area contributed by atoms with Gasteiger partial charge in [0.15, 0.2) is 0 Å². The molecule has 1 aromatic carbocycles. The van der Waals surface area contributed by atoms with E-state index >= 15 is 0 Å². The Kier molecular flexibility index (Phi) is 5.91. The van der Waals surface area contributed by atoms with Crippen LogP contribution in [0.1, 0.15) is 30.1 Å². The van der Waals surface area contributed by atoms with Gasteiger partial charge in [0.05, 0.1) is 0 Å². The Bertz CT molecular complexity index is 602. The van der Waals surface area contributed by atoms with Crippen LogP contribution in [0.2, 0.25) is 0 Å². The predicted molar refractivity (Wildman–Crippen MR) is 84.0 cm³/mol. The van der Waals surface area contributed by atoms with Crippen molar-refractivity contribution in [1.29, 1.82) is 0 Å². The molecule has 0 fully saturated rings. The summed E-state index contributed by atoms with van der Waals surface area (Å²) in [6.45, 7) is 2.06. The van der Waals surface area contributed by atoms with Gasteiger partial charge in [0, 0.05) is 30.6 Å². The largest absolute Gasteiger partial charge is 0.457 e. The molecular formula is C17H20N2O3. The number of pyridine rings is 1. The number of aliphatic hydroxyl groups is 1. The number of hydrogen-bond donors (Lipinski definition) is 2. The molecule has 0 saturated heterocycles. The van der Waals surface area contributed by atoms with Gasteiger partial charge in [-0.25, -0.2) is 0 Å². The third-order valence-corrected chi connectivity index (χ3v) is 3.15. The predicted octanol–water partition coefficient (Wildman–Crippen LogP) is 2.76. The van der Waals surface area contributed by atoms with Gasteiger partial charge < -0.3 is 15.2 Å². The van der Waals surface area contributed by atoms with Crippen LogP contribution >= 0.6 is 0 Å². The summed E-state index contributed by atoms with van der Waals surface area (Å²) in [7, 11) is 0. The minimum absolute atomic E-state index is 0.0180. The highest BCUT2D eigenvalue weighted by molar-refractivity contribution is 5.94. The maximum atomic E-state index is 12.2. The van der Waals surface area contributed by atoms with Gasteiger partial charge >= 0.3 is 0 Å². The molecule has 0 radical (unpaired) electrons. The van der Waals surface area contributed by atoms with Crippen LogP contribution in [0, 0.1) is 0 Å². The third kappa shape index (κ3) is 4.86. The van der Waals surface area contributed by atoms with Crippen molar-refractivity contribution in [2.24, 2.45) is 0 Å². The number of amides is 1. The maximum absolute atomic E-state index is 12.2. The molecule has 0 saturated carbocycles. The molecule has 2 N–H and O–H groups in total. The van der Waals surface area contributed by atoms with Gasteiger partial charge in [0.2, 0.25) is 0 Å². The van der Waals surface area contributed by atoms with Gasteiger partial charge in [-0.1, -0.05) is 6.07 Å². The number of benzene rings is 1. The summed E-state index contributed by atoms with van der Waals surface area (Å²) in [5.74, 6) is 1.12. The smallest absolute Gasteiger partial charge is 0.251 e. The molecule has 0 bridgehead atoms. The second-order valence-corrected chi connectivity index (χ2v) is 5.05. The molecule has 0 spiro atoms. The number of carbonyl (C=O) groups is 1. The second kappa shape index (κ2) is 8.14. The molecule has 116 valence electrons. The number of aromatic nitrogens is 1. The Morgan fingerprint density at radius 3 is 2.77 bits per heavy atom. The molecule has 2 rings (SSSR count). The van der Waals surface area contributed by atoms with E-state index < -0.39 is 0 Å². The van der Waals surface area contributed by atoms with Crippen LogP contribution in [0.3, 0.4) is 0 Å². The molecule has 1 unspecified atom stereocenters. The first-order valence-electron chi connectivity index (χ1n) is 7.28. The number of hydrogen-bond acceptors (Lipinski definition) is 4. The Morgan fingerprint density at radius 2 is 2.05 bits per heavy atom. The fourth-order valence-corrected chi connectivity index (χ4v) is 2.02. The molecular weight excluding hydrogens is 280 g/mol. The summed E-state index contributed by atoms with van der Waals surface area (Å²) in [6.07, 6.45) is 4.71. The van der Waals surface area contributed by atoms with Crippen LogP contribution in [0.4, 0.5) is 0 Å². The van der Waals surface area contributed by atoms with Gasteiger partial charge in [0.1, 0.15) is 11.5 Å². The van der Waals surface area contributed by atoms with E-state index in [0.29, 0.717) is 23.5 Å². The van der Waals surface area contributed by atoms with Crippen LogP contribution < -0.4 is 10.1 Å². The van der Waals surface area contributed by atoms with Crippen LogP contribution in [0.15, 0.2) is 48.8 Å². The first-order chi connectivity index (χ1) is 10.7. The minimum atomic E-state index is -0.148. The molecule has 22 heavy (non-hydrogen) atoms. The Morgan fingerprint density at radius 1 is 1.27 bits per heavy atom. The van der Waals surface area contributed by atoms with Gasteiger partial charge in [0.25, 0.3) is 5.91 Å². The van der Waals surface area contributed by atoms with Crippen LogP contribution in [-0.4, -0.2) is 28.6 Å². The second-order valence-electron chi connectivity index (χ2n) is 5.05. The average molecular weight is 300 g/mol. The Balaban J connectivity index is 2.00. The zero-order chi connectivity index (χ0) is 15.8. The molecule has 1 atom stereocenters. The van der Waals surface area contributed by atoms with E-state index in [9.17, 15) is 4.79 Å². The molecule has 2 aromatic rings. The molecule has 5 heteroatoms. The highest BCUT2D eigenvalue weighted by atomic mass is 16.5. The zero-order valence-corrected chi connectivity index (χ0v) is 12.5. The summed E-state index contributed by atoms with van der Waals surface area (Å²) in [4.78, 5) is 16.1. The maximum Gasteiger partial charge on any atom is 0.251 e. The number of carbonyl (C=O) groups excluding carboxylic acids is 1. The molecule has 1 heterocycles. The Hall–Kier alpha value is -2.40. The van der Waals surface area contributed by atoms with E-state index in [-0.39, 0.29) is 18.6 Å². The highest BCUT2D eigenvalue weighted by Crippen LogP contribution is 2.21. The molecule has 0 aliphatic rings. The monoisotopic (exact) mass is 300 g/mol. The van der Waals surface area contributed by atoms with Crippen molar-refractivity contribution in [3.05, 3.63) is 54.4 Å². The van der Waals surface area contributed by atoms with Gasteiger partial charge in [-0.05, 0) is 50.1 Å². The van der Waals surface area contributed by atoms with E-state index in [4.69, 9.17) is 9.84 Å². The van der Waals surface area contributed by atoms with Crippen molar-refractivity contribution in [3.63, 3.8) is 0 Å². The molecule has 5 nitrogen and oxygen atoms in total. The minimum Gasteiger partial charge on any atom is -0.457 e. The van der Waals surface area contributed by atoms with Gasteiger partial charge in [-0.2, -0.15) is 0 Å². The fraction of sp³-hybridized carbons (Fsp3) is 0.294.